The van der Waals surface area contributed by atoms with E-state index in [1.54, 1.807) is 0 Å². The molecule has 0 saturated heterocycles. The fourth-order valence-electron chi connectivity index (χ4n) is 3.12. The van der Waals surface area contributed by atoms with Gasteiger partial charge in [-0.05, 0) is 45.7 Å². The minimum atomic E-state index is 0.654. The lowest BCUT2D eigenvalue weighted by molar-refractivity contribution is 0.202. The predicted octanol–water partition coefficient (Wildman–Crippen LogP) is 3.13. The van der Waals surface area contributed by atoms with E-state index >= 15 is 0 Å². The number of hydrogen-bond acceptors (Lipinski definition) is 2. The number of rotatable bonds is 6. The topological polar surface area (TPSA) is 15.3 Å². The zero-order chi connectivity index (χ0) is 12.8. The largest absolute Gasteiger partial charge is 0.312 e. The Morgan fingerprint density at radius 3 is 2.12 bits per heavy atom. The molecular weight excluding hydrogens is 208 g/mol. The van der Waals surface area contributed by atoms with Crippen molar-refractivity contribution >= 4 is 0 Å². The molecule has 1 fully saturated rings. The SMILES string of the molecule is CC(C)C(CNC(C)C1CCCCC1)N(C)C. The molecule has 0 spiro atoms. The van der Waals surface area contributed by atoms with E-state index in [-0.39, 0.29) is 0 Å². The van der Waals surface area contributed by atoms with Crippen molar-refractivity contribution in [3.8, 4) is 0 Å². The first-order valence-corrected chi connectivity index (χ1v) is 7.42. The van der Waals surface area contributed by atoms with E-state index in [1.807, 2.05) is 0 Å². The maximum absolute atomic E-state index is 3.77. The van der Waals surface area contributed by atoms with Crippen LogP contribution in [-0.4, -0.2) is 37.6 Å². The van der Waals surface area contributed by atoms with Crippen LogP contribution in [0.2, 0.25) is 0 Å². The van der Waals surface area contributed by atoms with Crippen LogP contribution in [0.15, 0.2) is 0 Å². The summed E-state index contributed by atoms with van der Waals surface area (Å²) in [6.45, 7) is 8.14. The van der Waals surface area contributed by atoms with Crippen LogP contribution < -0.4 is 5.32 Å². The second kappa shape index (κ2) is 7.38. The lowest BCUT2D eigenvalue weighted by Crippen LogP contribution is -2.46. The quantitative estimate of drug-likeness (QED) is 0.767. The molecule has 0 radical (unpaired) electrons. The van der Waals surface area contributed by atoms with Crippen LogP contribution >= 0.6 is 0 Å². The number of nitrogens with zero attached hydrogens (tertiary/aromatic N) is 1. The molecule has 0 heterocycles. The summed E-state index contributed by atoms with van der Waals surface area (Å²) < 4.78 is 0. The van der Waals surface area contributed by atoms with Gasteiger partial charge in [0, 0.05) is 18.6 Å². The highest BCUT2D eigenvalue weighted by Crippen LogP contribution is 2.26. The maximum Gasteiger partial charge on any atom is 0.0237 e. The molecule has 0 aromatic rings. The van der Waals surface area contributed by atoms with E-state index in [0.717, 1.165) is 18.4 Å². The van der Waals surface area contributed by atoms with Crippen molar-refractivity contribution in [3.63, 3.8) is 0 Å². The summed E-state index contributed by atoms with van der Waals surface area (Å²) in [7, 11) is 4.38. The molecule has 1 N–H and O–H groups in total. The van der Waals surface area contributed by atoms with E-state index in [4.69, 9.17) is 0 Å². The van der Waals surface area contributed by atoms with Crippen LogP contribution in [0, 0.1) is 11.8 Å². The van der Waals surface area contributed by atoms with Crippen molar-refractivity contribution in [1.82, 2.24) is 10.2 Å². The van der Waals surface area contributed by atoms with Crippen molar-refractivity contribution in [1.29, 1.82) is 0 Å². The summed E-state index contributed by atoms with van der Waals surface area (Å²) in [6.07, 6.45) is 7.20. The molecule has 2 nitrogen and oxygen atoms in total. The Morgan fingerprint density at radius 2 is 1.65 bits per heavy atom. The van der Waals surface area contributed by atoms with Crippen LogP contribution in [-0.2, 0) is 0 Å². The summed E-state index contributed by atoms with van der Waals surface area (Å²) in [5, 5.41) is 3.77. The molecule has 102 valence electrons. The normalized spacial score (nSPS) is 22.1. The third kappa shape index (κ3) is 4.97. The summed E-state index contributed by atoms with van der Waals surface area (Å²) in [4.78, 5) is 2.35. The van der Waals surface area contributed by atoms with Gasteiger partial charge in [-0.1, -0.05) is 33.1 Å². The number of likely N-dealkylation sites (N-methyl/N-ethyl adjacent to an activating group) is 1. The van der Waals surface area contributed by atoms with E-state index in [1.165, 1.54) is 32.1 Å². The van der Waals surface area contributed by atoms with Crippen LogP contribution in [0.4, 0.5) is 0 Å². The number of hydrogen-bond donors (Lipinski definition) is 1. The standard InChI is InChI=1S/C15H32N2/c1-12(2)15(17(4)5)11-16-13(3)14-9-7-6-8-10-14/h12-16H,6-11H2,1-5H3. The molecule has 0 amide bonds. The van der Waals surface area contributed by atoms with Gasteiger partial charge in [0.2, 0.25) is 0 Å². The maximum atomic E-state index is 3.77. The van der Waals surface area contributed by atoms with Gasteiger partial charge < -0.3 is 10.2 Å². The Kier molecular flexibility index (Phi) is 6.50. The Bertz CT molecular complexity index is 187. The molecule has 17 heavy (non-hydrogen) atoms. The van der Waals surface area contributed by atoms with Gasteiger partial charge in [-0.15, -0.1) is 0 Å². The Morgan fingerprint density at radius 1 is 1.06 bits per heavy atom. The highest BCUT2D eigenvalue weighted by molar-refractivity contribution is 4.79. The van der Waals surface area contributed by atoms with E-state index in [2.05, 4.69) is 45.1 Å². The molecular formula is C15H32N2. The highest BCUT2D eigenvalue weighted by atomic mass is 15.1. The Hall–Kier alpha value is -0.0800. The first-order chi connectivity index (χ1) is 8.02. The molecule has 0 bridgehead atoms. The predicted molar refractivity (Wildman–Crippen MR) is 76.4 cm³/mol. The second-order valence-electron chi connectivity index (χ2n) is 6.37. The van der Waals surface area contributed by atoms with Gasteiger partial charge in [0.25, 0.3) is 0 Å². The minimum Gasteiger partial charge on any atom is -0.312 e. The summed E-state index contributed by atoms with van der Waals surface area (Å²) in [6, 6.07) is 1.34. The zero-order valence-corrected chi connectivity index (χ0v) is 12.5. The van der Waals surface area contributed by atoms with Crippen molar-refractivity contribution in [3.05, 3.63) is 0 Å². The molecule has 1 rings (SSSR count). The van der Waals surface area contributed by atoms with Crippen LogP contribution in [0.3, 0.4) is 0 Å². The minimum absolute atomic E-state index is 0.654. The van der Waals surface area contributed by atoms with Gasteiger partial charge in [0.05, 0.1) is 0 Å². The molecule has 2 heteroatoms. The van der Waals surface area contributed by atoms with Crippen LogP contribution in [0.25, 0.3) is 0 Å². The summed E-state index contributed by atoms with van der Waals surface area (Å²) in [5.41, 5.74) is 0. The zero-order valence-electron chi connectivity index (χ0n) is 12.5. The average Bonchev–Trinajstić information content (AvgIpc) is 2.29. The first kappa shape index (κ1) is 15.0. The highest BCUT2D eigenvalue weighted by Gasteiger charge is 2.22. The third-order valence-corrected chi connectivity index (χ3v) is 4.44. The average molecular weight is 240 g/mol. The van der Waals surface area contributed by atoms with Crippen molar-refractivity contribution < 1.29 is 0 Å². The molecule has 1 aliphatic rings. The van der Waals surface area contributed by atoms with Gasteiger partial charge in [-0.2, -0.15) is 0 Å². The first-order valence-electron chi connectivity index (χ1n) is 7.42. The lowest BCUT2D eigenvalue weighted by atomic mass is 9.84. The van der Waals surface area contributed by atoms with Crippen molar-refractivity contribution in [2.45, 2.75) is 65.0 Å². The Balaban J connectivity index is 2.32. The monoisotopic (exact) mass is 240 g/mol. The van der Waals surface area contributed by atoms with Gasteiger partial charge in [0.1, 0.15) is 0 Å². The fourth-order valence-corrected chi connectivity index (χ4v) is 3.12. The second-order valence-corrected chi connectivity index (χ2v) is 6.37. The molecule has 0 aromatic carbocycles. The third-order valence-electron chi connectivity index (χ3n) is 4.44. The van der Waals surface area contributed by atoms with Gasteiger partial charge >= 0.3 is 0 Å². The van der Waals surface area contributed by atoms with Gasteiger partial charge in [0.15, 0.2) is 0 Å². The fraction of sp³-hybridized carbons (Fsp3) is 1.00. The number of nitrogens with one attached hydrogen (secondary N) is 1. The van der Waals surface area contributed by atoms with Gasteiger partial charge in [-0.3, -0.25) is 0 Å². The van der Waals surface area contributed by atoms with Crippen LogP contribution in [0.5, 0.6) is 0 Å². The molecule has 0 aromatic heterocycles. The molecule has 2 atom stereocenters. The molecule has 0 aliphatic heterocycles. The molecule has 2 unspecified atom stereocenters. The summed E-state index contributed by atoms with van der Waals surface area (Å²) >= 11 is 0. The smallest absolute Gasteiger partial charge is 0.0237 e. The van der Waals surface area contributed by atoms with Crippen LogP contribution in [0.1, 0.15) is 52.9 Å². The Labute approximate surface area is 108 Å². The summed E-state index contributed by atoms with van der Waals surface area (Å²) in [5.74, 6) is 1.63. The van der Waals surface area contributed by atoms with E-state index in [0.29, 0.717) is 12.1 Å². The van der Waals surface area contributed by atoms with E-state index < -0.39 is 0 Å². The lowest BCUT2D eigenvalue weighted by Gasteiger charge is -2.33. The molecule has 1 aliphatic carbocycles. The van der Waals surface area contributed by atoms with Crippen molar-refractivity contribution in [2.75, 3.05) is 20.6 Å². The van der Waals surface area contributed by atoms with Crippen molar-refractivity contribution in [2.24, 2.45) is 11.8 Å². The van der Waals surface area contributed by atoms with Gasteiger partial charge in [-0.25, -0.2) is 0 Å². The van der Waals surface area contributed by atoms with E-state index in [9.17, 15) is 0 Å². The molecule has 1 saturated carbocycles.